The molecule has 1 aliphatic carbocycles. The van der Waals surface area contributed by atoms with E-state index in [0.717, 1.165) is 30.3 Å². The van der Waals surface area contributed by atoms with E-state index in [-0.39, 0.29) is 0 Å². The van der Waals surface area contributed by atoms with E-state index in [9.17, 15) is 0 Å². The fraction of sp³-hybridized carbons (Fsp3) is 0.636. The molecular formula is C11H18N4. The highest BCUT2D eigenvalue weighted by Crippen LogP contribution is 2.32. The smallest absolute Gasteiger partial charge is 0.134 e. The number of anilines is 2. The van der Waals surface area contributed by atoms with E-state index < -0.39 is 0 Å². The molecule has 0 unspecified atom stereocenters. The average molecular weight is 206 g/mol. The SMILES string of the molecule is CCc1c(N)ncnc1NCCC1CC1. The lowest BCUT2D eigenvalue weighted by Gasteiger charge is -2.10. The van der Waals surface area contributed by atoms with Crippen LogP contribution in [0.5, 0.6) is 0 Å². The molecule has 4 nitrogen and oxygen atoms in total. The van der Waals surface area contributed by atoms with Crippen LogP contribution in [0, 0.1) is 5.92 Å². The zero-order valence-corrected chi connectivity index (χ0v) is 9.16. The minimum Gasteiger partial charge on any atom is -0.383 e. The Kier molecular flexibility index (Phi) is 3.04. The van der Waals surface area contributed by atoms with Gasteiger partial charge in [0.1, 0.15) is 18.0 Å². The standard InChI is InChI=1S/C11H18N4/c1-2-9-10(12)14-7-15-11(9)13-6-5-8-3-4-8/h7-8H,2-6H2,1H3,(H3,12,13,14,15). The number of nitrogens with zero attached hydrogens (tertiary/aromatic N) is 2. The van der Waals surface area contributed by atoms with Gasteiger partial charge < -0.3 is 11.1 Å². The van der Waals surface area contributed by atoms with Crippen LogP contribution in [0.3, 0.4) is 0 Å². The first-order valence-corrected chi connectivity index (χ1v) is 5.64. The second-order valence-corrected chi connectivity index (χ2v) is 4.10. The Bertz CT molecular complexity index is 333. The van der Waals surface area contributed by atoms with Crippen LogP contribution in [-0.4, -0.2) is 16.5 Å². The molecule has 0 atom stereocenters. The maximum absolute atomic E-state index is 5.78. The molecule has 4 heteroatoms. The highest BCUT2D eigenvalue weighted by molar-refractivity contribution is 5.54. The van der Waals surface area contributed by atoms with E-state index in [2.05, 4.69) is 22.2 Å². The van der Waals surface area contributed by atoms with Gasteiger partial charge in [0.05, 0.1) is 0 Å². The molecule has 1 aliphatic rings. The Balaban J connectivity index is 1.95. The number of hydrogen-bond acceptors (Lipinski definition) is 4. The summed E-state index contributed by atoms with van der Waals surface area (Å²) in [5.41, 5.74) is 6.82. The Hall–Kier alpha value is -1.32. The van der Waals surface area contributed by atoms with Crippen molar-refractivity contribution < 1.29 is 0 Å². The van der Waals surface area contributed by atoms with Crippen molar-refractivity contribution >= 4 is 11.6 Å². The molecule has 1 fully saturated rings. The maximum Gasteiger partial charge on any atom is 0.134 e. The quantitative estimate of drug-likeness (QED) is 0.771. The summed E-state index contributed by atoms with van der Waals surface area (Å²) < 4.78 is 0. The number of aromatic nitrogens is 2. The number of nitrogens with two attached hydrogens (primary N) is 1. The molecule has 0 spiro atoms. The molecule has 0 bridgehead atoms. The highest BCUT2D eigenvalue weighted by atomic mass is 15.0. The largest absolute Gasteiger partial charge is 0.383 e. The van der Waals surface area contributed by atoms with Gasteiger partial charge in [0.25, 0.3) is 0 Å². The molecule has 0 aromatic carbocycles. The Labute approximate surface area is 90.3 Å². The van der Waals surface area contributed by atoms with Crippen LogP contribution in [0.1, 0.15) is 31.7 Å². The third-order valence-electron chi connectivity index (χ3n) is 2.87. The molecule has 0 radical (unpaired) electrons. The third-order valence-corrected chi connectivity index (χ3v) is 2.87. The van der Waals surface area contributed by atoms with Crippen LogP contribution in [-0.2, 0) is 6.42 Å². The van der Waals surface area contributed by atoms with E-state index in [1.54, 1.807) is 0 Å². The van der Waals surface area contributed by atoms with Crippen molar-refractivity contribution in [2.24, 2.45) is 5.92 Å². The summed E-state index contributed by atoms with van der Waals surface area (Å²) >= 11 is 0. The summed E-state index contributed by atoms with van der Waals surface area (Å²) in [6.07, 6.45) is 6.43. The molecule has 1 saturated carbocycles. The molecular weight excluding hydrogens is 188 g/mol. The van der Waals surface area contributed by atoms with E-state index in [0.29, 0.717) is 5.82 Å². The van der Waals surface area contributed by atoms with Crippen LogP contribution < -0.4 is 11.1 Å². The highest BCUT2D eigenvalue weighted by Gasteiger charge is 2.20. The average Bonchev–Trinajstić information content (AvgIpc) is 3.02. The van der Waals surface area contributed by atoms with Crippen LogP contribution in [0.25, 0.3) is 0 Å². The molecule has 0 amide bonds. The monoisotopic (exact) mass is 206 g/mol. The van der Waals surface area contributed by atoms with Crippen LogP contribution in [0.4, 0.5) is 11.6 Å². The van der Waals surface area contributed by atoms with Crippen molar-refractivity contribution in [2.75, 3.05) is 17.6 Å². The fourth-order valence-corrected chi connectivity index (χ4v) is 1.73. The van der Waals surface area contributed by atoms with Crippen molar-refractivity contribution in [3.8, 4) is 0 Å². The topological polar surface area (TPSA) is 63.8 Å². The van der Waals surface area contributed by atoms with Gasteiger partial charge in [0.15, 0.2) is 0 Å². The Morgan fingerprint density at radius 1 is 1.47 bits per heavy atom. The predicted molar refractivity (Wildman–Crippen MR) is 61.7 cm³/mol. The van der Waals surface area contributed by atoms with Gasteiger partial charge in [-0.05, 0) is 18.8 Å². The van der Waals surface area contributed by atoms with Crippen molar-refractivity contribution in [3.63, 3.8) is 0 Å². The zero-order valence-electron chi connectivity index (χ0n) is 9.16. The first kappa shape index (κ1) is 10.2. The van der Waals surface area contributed by atoms with E-state index >= 15 is 0 Å². The van der Waals surface area contributed by atoms with Crippen molar-refractivity contribution in [1.82, 2.24) is 9.97 Å². The van der Waals surface area contributed by atoms with Gasteiger partial charge in [-0.2, -0.15) is 0 Å². The van der Waals surface area contributed by atoms with E-state index in [4.69, 9.17) is 5.73 Å². The maximum atomic E-state index is 5.78. The van der Waals surface area contributed by atoms with Gasteiger partial charge >= 0.3 is 0 Å². The van der Waals surface area contributed by atoms with Gasteiger partial charge in [-0.15, -0.1) is 0 Å². The normalized spacial score (nSPS) is 15.3. The summed E-state index contributed by atoms with van der Waals surface area (Å²) in [5, 5.41) is 3.35. The third kappa shape index (κ3) is 2.58. The molecule has 3 N–H and O–H groups in total. The van der Waals surface area contributed by atoms with Gasteiger partial charge in [0, 0.05) is 12.1 Å². The molecule has 15 heavy (non-hydrogen) atoms. The second-order valence-electron chi connectivity index (χ2n) is 4.10. The van der Waals surface area contributed by atoms with Gasteiger partial charge in [-0.1, -0.05) is 19.8 Å². The summed E-state index contributed by atoms with van der Waals surface area (Å²) in [6, 6.07) is 0. The summed E-state index contributed by atoms with van der Waals surface area (Å²) in [7, 11) is 0. The lowest BCUT2D eigenvalue weighted by atomic mass is 10.2. The fourth-order valence-electron chi connectivity index (χ4n) is 1.73. The van der Waals surface area contributed by atoms with Crippen molar-refractivity contribution in [3.05, 3.63) is 11.9 Å². The zero-order chi connectivity index (χ0) is 10.7. The van der Waals surface area contributed by atoms with E-state index in [1.807, 2.05) is 0 Å². The van der Waals surface area contributed by atoms with Crippen LogP contribution in [0.15, 0.2) is 6.33 Å². The number of nitrogen functional groups attached to an aromatic ring is 1. The predicted octanol–water partition coefficient (Wildman–Crippen LogP) is 1.83. The van der Waals surface area contributed by atoms with Crippen LogP contribution in [0.2, 0.25) is 0 Å². The van der Waals surface area contributed by atoms with Gasteiger partial charge in [-0.25, -0.2) is 9.97 Å². The van der Waals surface area contributed by atoms with E-state index in [1.165, 1.54) is 25.6 Å². The number of hydrogen-bond donors (Lipinski definition) is 2. The molecule has 1 aromatic rings. The minimum absolute atomic E-state index is 0.599. The molecule has 0 saturated heterocycles. The molecule has 1 heterocycles. The first-order chi connectivity index (χ1) is 7.31. The molecule has 82 valence electrons. The lowest BCUT2D eigenvalue weighted by molar-refractivity contribution is 0.757. The van der Waals surface area contributed by atoms with Crippen LogP contribution >= 0.6 is 0 Å². The van der Waals surface area contributed by atoms with Gasteiger partial charge in [-0.3, -0.25) is 0 Å². The number of nitrogens with one attached hydrogen (secondary N) is 1. The van der Waals surface area contributed by atoms with Crippen molar-refractivity contribution in [1.29, 1.82) is 0 Å². The Morgan fingerprint density at radius 3 is 2.93 bits per heavy atom. The minimum atomic E-state index is 0.599. The van der Waals surface area contributed by atoms with Crippen molar-refractivity contribution in [2.45, 2.75) is 32.6 Å². The summed E-state index contributed by atoms with van der Waals surface area (Å²) in [4.78, 5) is 8.22. The van der Waals surface area contributed by atoms with Gasteiger partial charge in [0.2, 0.25) is 0 Å². The Morgan fingerprint density at radius 2 is 2.27 bits per heavy atom. The summed E-state index contributed by atoms with van der Waals surface area (Å²) in [6.45, 7) is 3.06. The summed E-state index contributed by atoms with van der Waals surface area (Å²) in [5.74, 6) is 2.45. The lowest BCUT2D eigenvalue weighted by Crippen LogP contribution is -2.09. The molecule has 1 aromatic heterocycles. The first-order valence-electron chi connectivity index (χ1n) is 5.64. The second kappa shape index (κ2) is 4.47. The molecule has 0 aliphatic heterocycles. The molecule has 2 rings (SSSR count). The number of rotatable bonds is 5.